The van der Waals surface area contributed by atoms with Gasteiger partial charge in [-0.25, -0.2) is 4.79 Å². The molecule has 0 saturated heterocycles. The van der Waals surface area contributed by atoms with E-state index >= 15 is 0 Å². The lowest BCUT2D eigenvalue weighted by atomic mass is 9.91. The molecule has 2 aliphatic carbocycles. The second kappa shape index (κ2) is 11.3. The molecule has 5 nitrogen and oxygen atoms in total. The van der Waals surface area contributed by atoms with Gasteiger partial charge in [-0.1, -0.05) is 68.3 Å². The molecule has 0 bridgehead atoms. The molecule has 7 heteroatoms. The van der Waals surface area contributed by atoms with E-state index in [9.17, 15) is 4.79 Å². The van der Waals surface area contributed by atoms with Crippen LogP contribution in [0.1, 0.15) is 60.3 Å². The van der Waals surface area contributed by atoms with Crippen molar-refractivity contribution in [3.05, 3.63) is 129 Å². The zero-order chi connectivity index (χ0) is 29.8. The van der Waals surface area contributed by atoms with E-state index < -0.39 is 0 Å². The number of aromatic amines is 1. The van der Waals surface area contributed by atoms with Gasteiger partial charge in [-0.15, -0.1) is 0 Å². The van der Waals surface area contributed by atoms with Crippen LogP contribution in [0, 0.1) is 0 Å². The van der Waals surface area contributed by atoms with Crippen LogP contribution in [-0.4, -0.2) is 15.6 Å². The maximum atomic E-state index is 13.2. The van der Waals surface area contributed by atoms with Crippen LogP contribution in [-0.2, 0) is 12.8 Å². The van der Waals surface area contributed by atoms with Gasteiger partial charge in [0, 0.05) is 42.3 Å². The average molecular weight is 708 g/mol. The van der Waals surface area contributed by atoms with Crippen molar-refractivity contribution >= 4 is 71.1 Å². The maximum Gasteiger partial charge on any atom is 0.334 e. The first-order chi connectivity index (χ1) is 21.6. The lowest BCUT2D eigenvalue weighted by molar-refractivity contribution is 0.250. The quantitative estimate of drug-likeness (QED) is 0.192. The molecular formula is C37H32Br2N4O. The summed E-state index contributed by atoms with van der Waals surface area (Å²) in [5.74, 6) is 0. The number of hydrogen-bond donors (Lipinski definition) is 2. The molecule has 1 amide bonds. The second-order valence-corrected chi connectivity index (χ2v) is 13.8. The Kier molecular flexibility index (Phi) is 7.10. The number of rotatable bonds is 3. The number of fused-ring (bicyclic) bond motifs is 6. The van der Waals surface area contributed by atoms with Crippen LogP contribution in [0.3, 0.4) is 0 Å². The molecule has 220 valence electrons. The Bertz CT molecular complexity index is 2010. The largest absolute Gasteiger partial charge is 0.377 e. The third-order valence-corrected chi connectivity index (χ3v) is 10.3. The summed E-state index contributed by atoms with van der Waals surface area (Å²) in [7, 11) is 0. The van der Waals surface area contributed by atoms with Crippen LogP contribution in [0.5, 0.6) is 0 Å². The van der Waals surface area contributed by atoms with Gasteiger partial charge in [-0.2, -0.15) is 0 Å². The summed E-state index contributed by atoms with van der Waals surface area (Å²) in [6.45, 7) is 0. The van der Waals surface area contributed by atoms with E-state index in [2.05, 4.69) is 103 Å². The normalized spacial score (nSPS) is 18.6. The fourth-order valence-corrected chi connectivity index (χ4v) is 8.18. The number of nitrogens with zero attached hydrogens (tertiary/aromatic N) is 2. The number of H-pyrrole nitrogens is 1. The highest BCUT2D eigenvalue weighted by molar-refractivity contribution is 9.10. The predicted octanol–water partition coefficient (Wildman–Crippen LogP) is 10.7. The first-order valence-corrected chi connectivity index (χ1v) is 17.0. The molecule has 4 aromatic carbocycles. The molecule has 3 aliphatic rings. The van der Waals surface area contributed by atoms with Gasteiger partial charge in [0.15, 0.2) is 0 Å². The van der Waals surface area contributed by atoms with Crippen LogP contribution in [0.4, 0.5) is 16.2 Å². The summed E-state index contributed by atoms with van der Waals surface area (Å²) in [5.41, 5.74) is 9.85. The molecule has 44 heavy (non-hydrogen) atoms. The summed E-state index contributed by atoms with van der Waals surface area (Å²) in [5, 5.41) is 6.25. The SMILES string of the molecule is Brc1ccc2[nH]c3c(c2c1)CCCC3Nc1ccccc1.O=C1N(c2ccccc2)C2CCCc3c2n1c1ccc(Br)cc31. The van der Waals surface area contributed by atoms with Crippen molar-refractivity contribution in [3.8, 4) is 0 Å². The first kappa shape index (κ1) is 27.7. The Morgan fingerprint density at radius 3 is 2.23 bits per heavy atom. The number of amides is 1. The van der Waals surface area contributed by atoms with Crippen LogP contribution in [0.25, 0.3) is 21.8 Å². The highest BCUT2D eigenvalue weighted by Gasteiger charge is 2.43. The van der Waals surface area contributed by atoms with Crippen LogP contribution >= 0.6 is 31.9 Å². The van der Waals surface area contributed by atoms with E-state index in [1.807, 2.05) is 45.9 Å². The summed E-state index contributed by atoms with van der Waals surface area (Å²) in [4.78, 5) is 18.8. The molecule has 2 atom stereocenters. The highest BCUT2D eigenvalue weighted by atomic mass is 79.9. The summed E-state index contributed by atoms with van der Waals surface area (Å²) < 4.78 is 4.16. The minimum absolute atomic E-state index is 0.0803. The summed E-state index contributed by atoms with van der Waals surface area (Å²) >= 11 is 7.15. The van der Waals surface area contributed by atoms with Crippen molar-refractivity contribution in [1.29, 1.82) is 0 Å². The van der Waals surface area contributed by atoms with Gasteiger partial charge in [-0.05, 0) is 110 Å². The van der Waals surface area contributed by atoms with E-state index in [1.54, 1.807) is 0 Å². The molecule has 0 saturated carbocycles. The highest BCUT2D eigenvalue weighted by Crippen LogP contribution is 2.47. The van der Waals surface area contributed by atoms with Gasteiger partial charge < -0.3 is 10.3 Å². The van der Waals surface area contributed by atoms with Crippen molar-refractivity contribution in [3.63, 3.8) is 0 Å². The zero-order valence-corrected chi connectivity index (χ0v) is 27.4. The topological polar surface area (TPSA) is 53.1 Å². The van der Waals surface area contributed by atoms with Gasteiger partial charge >= 0.3 is 6.03 Å². The fourth-order valence-electron chi connectivity index (χ4n) is 7.46. The number of anilines is 2. The molecule has 9 rings (SSSR count). The van der Waals surface area contributed by atoms with Crippen molar-refractivity contribution in [2.24, 2.45) is 0 Å². The van der Waals surface area contributed by atoms with Crippen LogP contribution < -0.4 is 10.2 Å². The minimum atomic E-state index is 0.0803. The van der Waals surface area contributed by atoms with Crippen LogP contribution in [0.2, 0.25) is 0 Å². The molecule has 2 N–H and O–H groups in total. The number of aryl methyl sites for hydroxylation is 2. The molecule has 0 fully saturated rings. The zero-order valence-electron chi connectivity index (χ0n) is 24.2. The van der Waals surface area contributed by atoms with E-state index in [4.69, 9.17) is 0 Å². The molecule has 1 aliphatic heterocycles. The van der Waals surface area contributed by atoms with Gasteiger partial charge in [0.25, 0.3) is 0 Å². The standard InChI is InChI=1S/C19H15BrN2O.C18H17BrN2/c20-12-9-10-16-15(11-12)14-7-4-8-17-18(14)22(16)19(23)21(17)13-5-2-1-3-6-13;19-12-9-10-16-15(11-12)14-7-4-8-17(18(14)21-16)20-13-5-2-1-3-6-13/h1-3,5-6,9-11,17H,4,7-8H2;1-3,5-6,9-11,17,20-21H,4,7-8H2. The van der Waals surface area contributed by atoms with Crippen LogP contribution in [0.15, 0.2) is 106 Å². The number of hydrogen-bond acceptors (Lipinski definition) is 2. The Hall–Kier alpha value is -3.81. The number of nitrogens with one attached hydrogen (secondary N) is 2. The monoisotopic (exact) mass is 706 g/mol. The average Bonchev–Trinajstić information content (AvgIpc) is 3.69. The number of carbonyl (C=O) groups is 1. The van der Waals surface area contributed by atoms with Crippen molar-refractivity contribution in [2.75, 3.05) is 10.2 Å². The molecule has 3 heterocycles. The van der Waals surface area contributed by atoms with E-state index in [0.29, 0.717) is 6.04 Å². The molecule has 2 unspecified atom stereocenters. The smallest absolute Gasteiger partial charge is 0.334 e. The first-order valence-electron chi connectivity index (χ1n) is 15.4. The summed E-state index contributed by atoms with van der Waals surface area (Å²) in [6.07, 6.45) is 6.79. The fraction of sp³-hybridized carbons (Fsp3) is 0.216. The lowest BCUT2D eigenvalue weighted by Gasteiger charge is -2.27. The van der Waals surface area contributed by atoms with Crippen molar-refractivity contribution in [1.82, 2.24) is 9.55 Å². The third-order valence-electron chi connectivity index (χ3n) is 9.32. The van der Waals surface area contributed by atoms with Gasteiger partial charge in [0.1, 0.15) is 0 Å². The van der Waals surface area contributed by atoms with Crippen molar-refractivity contribution < 1.29 is 4.79 Å². The molecule has 0 spiro atoms. The van der Waals surface area contributed by atoms with Gasteiger partial charge in [0.05, 0.1) is 23.3 Å². The Morgan fingerprint density at radius 2 is 1.43 bits per heavy atom. The van der Waals surface area contributed by atoms with Gasteiger partial charge in [0.2, 0.25) is 0 Å². The number of halogens is 2. The molecule has 6 aromatic rings. The Labute approximate surface area is 273 Å². The van der Waals surface area contributed by atoms with E-state index in [0.717, 1.165) is 39.4 Å². The predicted molar refractivity (Wildman–Crippen MR) is 187 cm³/mol. The lowest BCUT2D eigenvalue weighted by Crippen LogP contribution is -2.30. The number of carbonyl (C=O) groups excluding carboxylic acids is 1. The van der Waals surface area contributed by atoms with Gasteiger partial charge in [-0.3, -0.25) is 9.47 Å². The molecule has 2 aromatic heterocycles. The maximum absolute atomic E-state index is 13.2. The minimum Gasteiger partial charge on any atom is -0.377 e. The number of para-hydroxylation sites is 2. The number of aromatic nitrogens is 2. The third kappa shape index (κ3) is 4.68. The Morgan fingerprint density at radius 1 is 0.750 bits per heavy atom. The molecular weight excluding hydrogens is 676 g/mol. The Balaban J connectivity index is 0.000000132. The second-order valence-electron chi connectivity index (χ2n) is 11.9. The van der Waals surface area contributed by atoms with Crippen molar-refractivity contribution in [2.45, 2.75) is 50.6 Å². The molecule has 0 radical (unpaired) electrons. The van der Waals surface area contributed by atoms with E-state index in [-0.39, 0.29) is 12.1 Å². The number of benzene rings is 4. The van der Waals surface area contributed by atoms with E-state index in [1.165, 1.54) is 63.8 Å². The summed E-state index contributed by atoms with van der Waals surface area (Å²) in [6, 6.07) is 33.9.